The van der Waals surface area contributed by atoms with Gasteiger partial charge in [-0.25, -0.2) is 17.6 Å². The minimum atomic E-state index is -1.77. The van der Waals surface area contributed by atoms with Crippen LogP contribution in [0.25, 0.3) is 0 Å². The number of anilines is 1. The maximum Gasteiger partial charge on any atom is 0.261 e. The van der Waals surface area contributed by atoms with Gasteiger partial charge in [0.25, 0.3) is 5.91 Å². The van der Waals surface area contributed by atoms with E-state index in [4.69, 9.17) is 0 Å². The number of hydrogen-bond acceptors (Lipinski definition) is 2. The van der Waals surface area contributed by atoms with Crippen LogP contribution in [-0.4, -0.2) is 23.3 Å². The van der Waals surface area contributed by atoms with E-state index < -0.39 is 34.7 Å². The van der Waals surface area contributed by atoms with Crippen LogP contribution < -0.4 is 5.32 Å². The Hall–Kier alpha value is -2.90. The highest BCUT2D eigenvalue weighted by molar-refractivity contribution is 6.05. The molecular weight excluding hydrogens is 352 g/mol. The van der Waals surface area contributed by atoms with Gasteiger partial charge >= 0.3 is 0 Å². The maximum absolute atomic E-state index is 13.8. The monoisotopic (exact) mass is 366 g/mol. The number of nitrogens with zero attached hydrogens (tertiary/aromatic N) is 1. The zero-order valence-corrected chi connectivity index (χ0v) is 13.5. The maximum atomic E-state index is 13.8. The molecule has 1 N–H and O–H groups in total. The zero-order chi connectivity index (χ0) is 18.8. The number of carbonyl (C=O) groups excluding carboxylic acids is 2. The van der Waals surface area contributed by atoms with Crippen molar-refractivity contribution >= 4 is 17.5 Å². The van der Waals surface area contributed by atoms with Gasteiger partial charge in [-0.1, -0.05) is 18.2 Å². The van der Waals surface area contributed by atoms with Crippen molar-refractivity contribution in [1.29, 1.82) is 0 Å². The molecule has 0 radical (unpaired) electrons. The van der Waals surface area contributed by atoms with Crippen LogP contribution in [0.1, 0.15) is 28.8 Å². The zero-order valence-electron chi connectivity index (χ0n) is 13.5. The van der Waals surface area contributed by atoms with Gasteiger partial charge in [0.2, 0.25) is 5.91 Å². The van der Waals surface area contributed by atoms with E-state index in [1.807, 2.05) is 0 Å². The molecule has 4 nitrogen and oxygen atoms in total. The molecule has 2 aromatic rings. The van der Waals surface area contributed by atoms with Gasteiger partial charge in [-0.15, -0.1) is 0 Å². The Morgan fingerprint density at radius 3 is 2.35 bits per heavy atom. The molecule has 0 aliphatic carbocycles. The first-order valence-electron chi connectivity index (χ1n) is 7.88. The van der Waals surface area contributed by atoms with Crippen molar-refractivity contribution in [3.63, 3.8) is 0 Å². The number of rotatable bonds is 4. The predicted octanol–water partition coefficient (Wildman–Crippen LogP) is 3.62. The summed E-state index contributed by atoms with van der Waals surface area (Å²) in [4.78, 5) is 25.6. The number of benzene rings is 2. The van der Waals surface area contributed by atoms with Crippen molar-refractivity contribution in [2.75, 3.05) is 11.9 Å². The van der Waals surface area contributed by atoms with Gasteiger partial charge in [-0.2, -0.15) is 0 Å². The fraction of sp³-hybridized carbons (Fsp3) is 0.222. The van der Waals surface area contributed by atoms with Crippen molar-refractivity contribution in [1.82, 2.24) is 4.90 Å². The molecular formula is C18H14F4N2O2. The largest absolute Gasteiger partial charge is 0.338 e. The van der Waals surface area contributed by atoms with E-state index in [0.29, 0.717) is 18.5 Å². The molecule has 1 heterocycles. The van der Waals surface area contributed by atoms with Gasteiger partial charge in [0.15, 0.2) is 23.3 Å². The summed E-state index contributed by atoms with van der Waals surface area (Å²) < 4.78 is 54.2. The molecule has 0 unspecified atom stereocenters. The van der Waals surface area contributed by atoms with Crippen molar-refractivity contribution in [3.05, 3.63) is 64.7 Å². The highest BCUT2D eigenvalue weighted by Crippen LogP contribution is 2.24. The summed E-state index contributed by atoms with van der Waals surface area (Å²) in [5.41, 5.74) is -0.607. The van der Waals surface area contributed by atoms with E-state index >= 15 is 0 Å². The highest BCUT2D eigenvalue weighted by Gasteiger charge is 2.26. The highest BCUT2D eigenvalue weighted by atomic mass is 19.2. The summed E-state index contributed by atoms with van der Waals surface area (Å²) in [6, 6.07) is 6.39. The van der Waals surface area contributed by atoms with Crippen molar-refractivity contribution in [2.24, 2.45) is 0 Å². The molecule has 0 spiro atoms. The molecule has 2 amide bonds. The van der Waals surface area contributed by atoms with E-state index in [0.717, 1.165) is 6.42 Å². The first-order chi connectivity index (χ1) is 12.4. The average Bonchev–Trinajstić information content (AvgIpc) is 3.00. The van der Waals surface area contributed by atoms with Crippen LogP contribution in [0.5, 0.6) is 0 Å². The summed E-state index contributed by atoms with van der Waals surface area (Å²) in [6.45, 7) is 0.775. The van der Waals surface area contributed by atoms with Gasteiger partial charge in [0.1, 0.15) is 5.56 Å². The lowest BCUT2D eigenvalue weighted by Crippen LogP contribution is -2.25. The Morgan fingerprint density at radius 1 is 1.08 bits per heavy atom. The number of amides is 2. The average molecular weight is 366 g/mol. The lowest BCUT2D eigenvalue weighted by Gasteiger charge is -2.18. The molecule has 8 heteroatoms. The Kier molecular flexibility index (Phi) is 4.92. The first kappa shape index (κ1) is 17.9. The van der Waals surface area contributed by atoms with E-state index in [1.54, 1.807) is 23.1 Å². The van der Waals surface area contributed by atoms with Crippen LogP contribution in [0.3, 0.4) is 0 Å². The van der Waals surface area contributed by atoms with Gasteiger partial charge in [0.05, 0.1) is 0 Å². The van der Waals surface area contributed by atoms with Gasteiger partial charge < -0.3 is 10.2 Å². The molecule has 0 aromatic heterocycles. The summed E-state index contributed by atoms with van der Waals surface area (Å²) >= 11 is 0. The lowest BCUT2D eigenvalue weighted by atomic mass is 10.1. The molecule has 0 atom stereocenters. The smallest absolute Gasteiger partial charge is 0.261 e. The SMILES string of the molecule is O=C(Nc1ccccc1CN1CCCC1=O)c1c(F)c(F)cc(F)c1F. The molecule has 3 rings (SSSR count). The second-order valence-electron chi connectivity index (χ2n) is 5.87. The molecule has 1 aliphatic rings. The Labute approximate surface area is 146 Å². The molecule has 0 bridgehead atoms. The Bertz CT molecular complexity index is 859. The number of carbonyl (C=O) groups is 2. The van der Waals surface area contributed by atoms with Crippen LogP contribution in [0.2, 0.25) is 0 Å². The Balaban J connectivity index is 1.88. The third kappa shape index (κ3) is 3.40. The minimum Gasteiger partial charge on any atom is -0.338 e. The molecule has 26 heavy (non-hydrogen) atoms. The van der Waals surface area contributed by atoms with Crippen LogP contribution in [0.15, 0.2) is 30.3 Å². The molecule has 136 valence electrons. The van der Waals surface area contributed by atoms with Crippen molar-refractivity contribution in [3.8, 4) is 0 Å². The van der Waals surface area contributed by atoms with E-state index in [2.05, 4.69) is 5.32 Å². The third-order valence-electron chi connectivity index (χ3n) is 4.14. The molecule has 0 saturated carbocycles. The predicted molar refractivity (Wildman–Crippen MR) is 85.3 cm³/mol. The van der Waals surface area contributed by atoms with Gasteiger partial charge in [0, 0.05) is 31.3 Å². The minimum absolute atomic E-state index is 0.0320. The second kappa shape index (κ2) is 7.15. The topological polar surface area (TPSA) is 49.4 Å². The summed E-state index contributed by atoms with van der Waals surface area (Å²) in [5, 5.41) is 2.26. The Morgan fingerprint density at radius 2 is 1.73 bits per heavy atom. The van der Waals surface area contributed by atoms with E-state index in [9.17, 15) is 27.2 Å². The quantitative estimate of drug-likeness (QED) is 0.664. The van der Waals surface area contributed by atoms with Crippen LogP contribution in [0.4, 0.5) is 23.2 Å². The van der Waals surface area contributed by atoms with E-state index in [1.165, 1.54) is 6.07 Å². The fourth-order valence-corrected chi connectivity index (χ4v) is 2.81. The third-order valence-corrected chi connectivity index (χ3v) is 4.14. The molecule has 1 fully saturated rings. The van der Waals surface area contributed by atoms with Crippen LogP contribution in [-0.2, 0) is 11.3 Å². The number of halogens is 4. The molecule has 1 saturated heterocycles. The van der Waals surface area contributed by atoms with Crippen LogP contribution in [0, 0.1) is 23.3 Å². The van der Waals surface area contributed by atoms with Crippen molar-refractivity contribution < 1.29 is 27.2 Å². The number of nitrogens with one attached hydrogen (secondary N) is 1. The molecule has 1 aliphatic heterocycles. The first-order valence-corrected chi connectivity index (χ1v) is 7.88. The fourth-order valence-electron chi connectivity index (χ4n) is 2.81. The van der Waals surface area contributed by atoms with Gasteiger partial charge in [-0.3, -0.25) is 9.59 Å². The summed E-state index contributed by atoms with van der Waals surface area (Å²) in [6.07, 6.45) is 1.17. The second-order valence-corrected chi connectivity index (χ2v) is 5.87. The van der Waals surface area contributed by atoms with E-state index in [-0.39, 0.29) is 24.2 Å². The normalized spacial score (nSPS) is 14.0. The molecule has 2 aromatic carbocycles. The number of para-hydroxylation sites is 1. The van der Waals surface area contributed by atoms with Crippen LogP contribution >= 0.6 is 0 Å². The van der Waals surface area contributed by atoms with Gasteiger partial charge in [-0.05, 0) is 18.1 Å². The standard InChI is InChI=1S/C18H14F4N2O2/c19-11-8-12(20)17(22)15(16(11)21)18(26)23-13-5-2-1-4-10(13)9-24-7-3-6-14(24)25/h1-2,4-5,8H,3,6-7,9H2,(H,23,26). The number of likely N-dealkylation sites (tertiary alicyclic amines) is 1. The van der Waals surface area contributed by atoms with Crippen molar-refractivity contribution in [2.45, 2.75) is 19.4 Å². The summed E-state index contributed by atoms with van der Waals surface area (Å²) in [7, 11) is 0. The number of hydrogen-bond donors (Lipinski definition) is 1. The summed E-state index contributed by atoms with van der Waals surface area (Å²) in [5.74, 6) is -8.22. The lowest BCUT2D eigenvalue weighted by molar-refractivity contribution is -0.128.